The third-order valence-corrected chi connectivity index (χ3v) is 6.43. The molecule has 7 heteroatoms. The molecule has 0 radical (unpaired) electrons. The quantitative estimate of drug-likeness (QED) is 0.408. The van der Waals surface area contributed by atoms with Gasteiger partial charge in [0.15, 0.2) is 0 Å². The summed E-state index contributed by atoms with van der Waals surface area (Å²) in [6, 6.07) is 15.4. The number of pyridine rings is 1. The molecule has 3 aromatic rings. The molecule has 2 aromatic heterocycles. The molecule has 7 nitrogen and oxygen atoms in total. The lowest BCUT2D eigenvalue weighted by molar-refractivity contribution is -0.160. The van der Waals surface area contributed by atoms with Gasteiger partial charge in [-0.2, -0.15) is 5.10 Å². The molecule has 190 valence electrons. The van der Waals surface area contributed by atoms with E-state index in [1.165, 1.54) is 0 Å². The van der Waals surface area contributed by atoms with E-state index in [2.05, 4.69) is 4.98 Å². The summed E-state index contributed by atoms with van der Waals surface area (Å²) in [5, 5.41) is 4.83. The van der Waals surface area contributed by atoms with Gasteiger partial charge in [-0.1, -0.05) is 30.3 Å². The second-order valence-corrected chi connectivity index (χ2v) is 10.5. The smallest absolute Gasteiger partial charge is 0.332 e. The Bertz CT molecular complexity index is 1190. The van der Waals surface area contributed by atoms with Gasteiger partial charge in [0.25, 0.3) is 5.56 Å². The fourth-order valence-corrected chi connectivity index (χ4v) is 4.69. The third kappa shape index (κ3) is 7.10. The van der Waals surface area contributed by atoms with Crippen molar-refractivity contribution in [3.63, 3.8) is 0 Å². The number of hydrogen-bond donors (Lipinski definition) is 0. The van der Waals surface area contributed by atoms with Crippen molar-refractivity contribution in [2.75, 3.05) is 13.2 Å². The number of carbonyl (C=O) groups excluding carboxylic acids is 1. The van der Waals surface area contributed by atoms with E-state index in [0.717, 1.165) is 48.1 Å². The summed E-state index contributed by atoms with van der Waals surface area (Å²) in [7, 11) is 0. The summed E-state index contributed by atoms with van der Waals surface area (Å²) in [4.78, 5) is 29.0. The number of ether oxygens (including phenoxy) is 2. The summed E-state index contributed by atoms with van der Waals surface area (Å²) in [6.07, 6.45) is 7.50. The normalized spacial score (nSPS) is 18.1. The minimum atomic E-state index is -0.499. The number of carbonyl (C=O) groups is 1. The molecule has 4 rings (SSSR count). The van der Waals surface area contributed by atoms with Gasteiger partial charge >= 0.3 is 5.97 Å². The van der Waals surface area contributed by atoms with Crippen LogP contribution >= 0.6 is 0 Å². The first-order valence-corrected chi connectivity index (χ1v) is 12.7. The van der Waals surface area contributed by atoms with Crippen molar-refractivity contribution in [3.8, 4) is 22.4 Å². The Morgan fingerprint density at radius 1 is 0.972 bits per heavy atom. The summed E-state index contributed by atoms with van der Waals surface area (Å²) in [5.41, 5.74) is 2.92. The summed E-state index contributed by atoms with van der Waals surface area (Å²) in [6.45, 7) is 6.69. The monoisotopic (exact) mass is 489 g/mol. The maximum Gasteiger partial charge on any atom is 0.332 e. The van der Waals surface area contributed by atoms with Crippen molar-refractivity contribution in [1.82, 2.24) is 14.8 Å². The molecule has 0 aliphatic heterocycles. The van der Waals surface area contributed by atoms with E-state index >= 15 is 0 Å². The lowest BCUT2D eigenvalue weighted by Crippen LogP contribution is -2.30. The Labute approximate surface area is 212 Å². The van der Waals surface area contributed by atoms with Crippen LogP contribution in [0.4, 0.5) is 0 Å². The second kappa shape index (κ2) is 11.6. The van der Waals surface area contributed by atoms with Crippen LogP contribution < -0.4 is 5.56 Å². The third-order valence-electron chi connectivity index (χ3n) is 6.43. The Hall–Kier alpha value is -3.32. The van der Waals surface area contributed by atoms with Crippen LogP contribution in [0.25, 0.3) is 22.4 Å². The van der Waals surface area contributed by atoms with Crippen molar-refractivity contribution in [2.24, 2.45) is 11.8 Å². The predicted octanol–water partition coefficient (Wildman–Crippen LogP) is 5.14. The lowest BCUT2D eigenvalue weighted by atomic mass is 9.82. The Morgan fingerprint density at radius 2 is 1.64 bits per heavy atom. The minimum Gasteiger partial charge on any atom is -0.458 e. The first-order valence-electron chi connectivity index (χ1n) is 12.7. The summed E-state index contributed by atoms with van der Waals surface area (Å²) >= 11 is 0. The number of benzene rings is 1. The van der Waals surface area contributed by atoms with Crippen LogP contribution in [-0.2, 0) is 20.8 Å². The van der Waals surface area contributed by atoms with E-state index in [4.69, 9.17) is 14.6 Å². The van der Waals surface area contributed by atoms with Crippen molar-refractivity contribution in [1.29, 1.82) is 0 Å². The molecule has 1 aliphatic carbocycles. The number of rotatable bonds is 8. The second-order valence-electron chi connectivity index (χ2n) is 10.5. The van der Waals surface area contributed by atoms with E-state index in [1.807, 2.05) is 63.2 Å². The zero-order valence-electron chi connectivity index (χ0n) is 21.4. The molecule has 1 aliphatic rings. The maximum absolute atomic E-state index is 13.1. The first kappa shape index (κ1) is 25.8. The molecule has 1 saturated carbocycles. The molecule has 1 fully saturated rings. The van der Waals surface area contributed by atoms with E-state index in [1.54, 1.807) is 23.1 Å². The molecule has 36 heavy (non-hydrogen) atoms. The number of hydrogen-bond acceptors (Lipinski definition) is 6. The highest BCUT2D eigenvalue weighted by molar-refractivity contribution is 5.79. The van der Waals surface area contributed by atoms with E-state index < -0.39 is 5.60 Å². The summed E-state index contributed by atoms with van der Waals surface area (Å²) in [5.74, 6) is 0.469. The van der Waals surface area contributed by atoms with Crippen LogP contribution in [0.3, 0.4) is 0 Å². The zero-order valence-corrected chi connectivity index (χ0v) is 21.4. The van der Waals surface area contributed by atoms with Crippen molar-refractivity contribution in [2.45, 2.75) is 58.6 Å². The molecule has 0 saturated heterocycles. The predicted molar refractivity (Wildman–Crippen MR) is 139 cm³/mol. The largest absolute Gasteiger partial charge is 0.458 e. The molecule has 1 aromatic carbocycles. The Balaban J connectivity index is 1.39. The highest BCUT2D eigenvalue weighted by Gasteiger charge is 2.24. The molecule has 2 heterocycles. The van der Waals surface area contributed by atoms with Crippen LogP contribution in [0.1, 0.15) is 46.5 Å². The van der Waals surface area contributed by atoms with E-state index in [0.29, 0.717) is 25.0 Å². The van der Waals surface area contributed by atoms with Gasteiger partial charge in [-0.15, -0.1) is 0 Å². The molecule has 0 unspecified atom stereocenters. The fourth-order valence-electron chi connectivity index (χ4n) is 4.69. The van der Waals surface area contributed by atoms with Crippen LogP contribution in [0.2, 0.25) is 0 Å². The van der Waals surface area contributed by atoms with Gasteiger partial charge in [0, 0.05) is 36.1 Å². The molecular weight excluding hydrogens is 454 g/mol. The number of esters is 1. The Kier molecular flexibility index (Phi) is 8.31. The van der Waals surface area contributed by atoms with Gasteiger partial charge < -0.3 is 9.47 Å². The van der Waals surface area contributed by atoms with Gasteiger partial charge in [-0.25, -0.2) is 9.48 Å². The molecule has 0 N–H and O–H groups in total. The SMILES string of the molecule is CC(C)(C)OC(=O)COC[C@H]1CC[C@H](Cn2nc(-c3ccncc3)c(-c3ccccc3)cc2=O)CC1. The molecular formula is C29H35N3O4. The highest BCUT2D eigenvalue weighted by atomic mass is 16.6. The Morgan fingerprint density at radius 3 is 2.31 bits per heavy atom. The first-order chi connectivity index (χ1) is 17.3. The maximum atomic E-state index is 13.1. The molecule has 0 amide bonds. The van der Waals surface area contributed by atoms with E-state index in [9.17, 15) is 9.59 Å². The van der Waals surface area contributed by atoms with Gasteiger partial charge in [0.05, 0.1) is 12.3 Å². The van der Waals surface area contributed by atoms with Gasteiger partial charge in [-0.3, -0.25) is 9.78 Å². The van der Waals surface area contributed by atoms with Crippen LogP contribution in [0.15, 0.2) is 65.7 Å². The summed E-state index contributed by atoms with van der Waals surface area (Å²) < 4.78 is 12.5. The fraction of sp³-hybridized carbons (Fsp3) is 0.448. The van der Waals surface area contributed by atoms with Gasteiger partial charge in [0.1, 0.15) is 12.2 Å². The highest BCUT2D eigenvalue weighted by Crippen LogP contribution is 2.31. The van der Waals surface area contributed by atoms with Gasteiger partial charge in [-0.05, 0) is 76.0 Å². The minimum absolute atomic E-state index is 0.0118. The average molecular weight is 490 g/mol. The number of aromatic nitrogens is 3. The average Bonchev–Trinajstić information content (AvgIpc) is 2.86. The van der Waals surface area contributed by atoms with Crippen LogP contribution in [0, 0.1) is 11.8 Å². The van der Waals surface area contributed by atoms with E-state index in [-0.39, 0.29) is 18.1 Å². The zero-order chi connectivity index (χ0) is 25.5. The van der Waals surface area contributed by atoms with Crippen molar-refractivity contribution >= 4 is 5.97 Å². The van der Waals surface area contributed by atoms with Crippen molar-refractivity contribution in [3.05, 3.63) is 71.3 Å². The van der Waals surface area contributed by atoms with Crippen molar-refractivity contribution < 1.29 is 14.3 Å². The van der Waals surface area contributed by atoms with Gasteiger partial charge in [0.2, 0.25) is 0 Å². The topological polar surface area (TPSA) is 83.3 Å². The van der Waals surface area contributed by atoms with Crippen LogP contribution in [-0.4, -0.2) is 39.5 Å². The molecule has 0 atom stereocenters. The molecule has 0 spiro atoms. The lowest BCUT2D eigenvalue weighted by Gasteiger charge is -2.28. The number of nitrogens with zero attached hydrogens (tertiary/aromatic N) is 3. The van der Waals surface area contributed by atoms with Crippen LogP contribution in [0.5, 0.6) is 0 Å². The molecule has 0 bridgehead atoms. The standard InChI is InChI=1S/C29H35N3O4/c1-29(2,3)36-27(34)20-35-19-22-11-9-21(10-12-22)18-32-26(33)17-25(23-7-5-4-6-8-23)28(31-32)24-13-15-30-16-14-24/h4-8,13-17,21-22H,9-12,18-20H2,1-3H3/t21-,22-.